The predicted molar refractivity (Wildman–Crippen MR) is 131 cm³/mol. The van der Waals surface area contributed by atoms with Gasteiger partial charge in [-0.05, 0) is 53.6 Å². The highest BCUT2D eigenvalue weighted by molar-refractivity contribution is 6.36. The Hall–Kier alpha value is -2.26. The molecule has 0 bridgehead atoms. The lowest BCUT2D eigenvalue weighted by Gasteiger charge is -2.46. The van der Waals surface area contributed by atoms with E-state index in [1.165, 1.54) is 0 Å². The van der Waals surface area contributed by atoms with Crippen LogP contribution < -0.4 is 4.90 Å². The molecule has 1 aliphatic rings. The average molecular weight is 487 g/mol. The number of aliphatic hydroxyl groups excluding tert-OH is 1. The fourth-order valence-electron chi connectivity index (χ4n) is 4.27. The van der Waals surface area contributed by atoms with Gasteiger partial charge in [0.25, 0.3) is 0 Å². The van der Waals surface area contributed by atoms with Gasteiger partial charge in [0, 0.05) is 29.7 Å². The quantitative estimate of drug-likeness (QED) is 0.472. The molecule has 0 radical (unpaired) electrons. The van der Waals surface area contributed by atoms with Crippen LogP contribution in [-0.4, -0.2) is 36.2 Å². The Balaban J connectivity index is 1.67. The largest absolute Gasteiger partial charge is 0.394 e. The van der Waals surface area contributed by atoms with Crippen molar-refractivity contribution in [2.24, 2.45) is 0 Å². The molecule has 3 aromatic rings. The fourth-order valence-corrected chi connectivity index (χ4v) is 4.91. The lowest BCUT2D eigenvalue weighted by atomic mass is 9.97. The van der Waals surface area contributed by atoms with E-state index in [0.717, 1.165) is 29.9 Å². The zero-order chi connectivity index (χ0) is 22.7. The van der Waals surface area contributed by atoms with Gasteiger partial charge < -0.3 is 10.0 Å². The lowest BCUT2D eigenvalue weighted by Crippen LogP contribution is -2.50. The van der Waals surface area contributed by atoms with Crippen molar-refractivity contribution in [2.45, 2.75) is 12.1 Å². The molecule has 4 nitrogen and oxygen atoms in total. The first-order chi connectivity index (χ1) is 15.5. The Kier molecular flexibility index (Phi) is 7.25. The van der Waals surface area contributed by atoms with E-state index >= 15 is 0 Å². The van der Waals surface area contributed by atoms with Crippen LogP contribution in [0.15, 0.2) is 66.7 Å². The van der Waals surface area contributed by atoms with Gasteiger partial charge in [-0.25, -0.2) is 0 Å². The van der Waals surface area contributed by atoms with Crippen molar-refractivity contribution in [1.29, 1.82) is 5.26 Å². The second-order valence-electron chi connectivity index (χ2n) is 7.78. The minimum atomic E-state index is -0.166. The summed E-state index contributed by atoms with van der Waals surface area (Å²) in [6.45, 7) is 2.14. The third kappa shape index (κ3) is 4.88. The third-order valence-electron chi connectivity index (χ3n) is 5.92. The molecule has 2 atom stereocenters. The molecule has 4 rings (SSSR count). The molecule has 3 aromatic carbocycles. The van der Waals surface area contributed by atoms with Crippen molar-refractivity contribution in [1.82, 2.24) is 4.90 Å². The molecular formula is C25H22Cl3N3O. The Morgan fingerprint density at radius 2 is 1.62 bits per heavy atom. The van der Waals surface area contributed by atoms with Crippen LogP contribution in [0.2, 0.25) is 15.1 Å². The zero-order valence-electron chi connectivity index (χ0n) is 17.3. The summed E-state index contributed by atoms with van der Waals surface area (Å²) in [6.07, 6.45) is 0. The number of benzene rings is 3. The van der Waals surface area contributed by atoms with Crippen molar-refractivity contribution in [2.75, 3.05) is 31.1 Å². The maximum atomic E-state index is 10.2. The monoisotopic (exact) mass is 485 g/mol. The first-order valence-electron chi connectivity index (χ1n) is 10.3. The van der Waals surface area contributed by atoms with Crippen molar-refractivity contribution < 1.29 is 5.11 Å². The van der Waals surface area contributed by atoms with Crippen LogP contribution in [0.25, 0.3) is 0 Å². The SMILES string of the molecule is N#Cc1ccc([C@H](CO)N2CCN(c3ccc(Cl)cc3Cl)[C@H](c3ccc(Cl)cc3)C2)cc1. The summed E-state index contributed by atoms with van der Waals surface area (Å²) in [7, 11) is 0. The van der Waals surface area contributed by atoms with Gasteiger partial charge in [0.05, 0.1) is 41.0 Å². The molecule has 164 valence electrons. The number of nitriles is 1. The minimum Gasteiger partial charge on any atom is -0.394 e. The second kappa shape index (κ2) is 10.1. The van der Waals surface area contributed by atoms with E-state index in [1.807, 2.05) is 48.5 Å². The van der Waals surface area contributed by atoms with E-state index < -0.39 is 0 Å². The summed E-state index contributed by atoms with van der Waals surface area (Å²) >= 11 is 18.8. The van der Waals surface area contributed by atoms with E-state index in [2.05, 4.69) is 15.9 Å². The standard InChI is InChI=1S/C25H22Cl3N3O/c26-20-7-5-18(6-8-20)24-15-30(25(16-32)19-3-1-17(14-29)2-4-19)11-12-31(24)23-10-9-21(27)13-22(23)28/h1-10,13,24-25,32H,11-12,15-16H2/t24-,25-/m0/s1. The normalized spacial score (nSPS) is 17.7. The fraction of sp³-hybridized carbons (Fsp3) is 0.240. The molecule has 0 spiro atoms. The van der Waals surface area contributed by atoms with Crippen molar-refractivity contribution in [3.8, 4) is 6.07 Å². The van der Waals surface area contributed by atoms with Crippen LogP contribution in [0.3, 0.4) is 0 Å². The number of anilines is 1. The highest BCUT2D eigenvalue weighted by Gasteiger charge is 2.33. The Morgan fingerprint density at radius 1 is 0.938 bits per heavy atom. The molecule has 0 aliphatic carbocycles. The van der Waals surface area contributed by atoms with E-state index in [9.17, 15) is 5.11 Å². The maximum Gasteiger partial charge on any atom is 0.0991 e. The number of piperazine rings is 1. The van der Waals surface area contributed by atoms with Crippen LogP contribution in [0.5, 0.6) is 0 Å². The van der Waals surface area contributed by atoms with Gasteiger partial charge in [0.2, 0.25) is 0 Å². The van der Waals surface area contributed by atoms with E-state index in [1.54, 1.807) is 18.2 Å². The molecule has 1 fully saturated rings. The molecule has 0 unspecified atom stereocenters. The Bertz CT molecular complexity index is 1110. The molecule has 0 aromatic heterocycles. The van der Waals surface area contributed by atoms with Gasteiger partial charge in [0.1, 0.15) is 0 Å². The molecule has 7 heteroatoms. The molecule has 0 saturated carbocycles. The topological polar surface area (TPSA) is 50.5 Å². The van der Waals surface area contributed by atoms with Gasteiger partial charge in [-0.15, -0.1) is 0 Å². The predicted octanol–water partition coefficient (Wildman–Crippen LogP) is 6.12. The first kappa shape index (κ1) is 22.9. The number of rotatable bonds is 5. The van der Waals surface area contributed by atoms with Crippen LogP contribution in [0.1, 0.15) is 28.8 Å². The van der Waals surface area contributed by atoms with Gasteiger partial charge >= 0.3 is 0 Å². The van der Waals surface area contributed by atoms with E-state index in [4.69, 9.17) is 40.1 Å². The Morgan fingerprint density at radius 3 is 2.25 bits per heavy atom. The molecule has 1 aliphatic heterocycles. The van der Waals surface area contributed by atoms with Gasteiger partial charge in [-0.1, -0.05) is 59.1 Å². The third-order valence-corrected chi connectivity index (χ3v) is 6.71. The molecule has 1 saturated heterocycles. The smallest absolute Gasteiger partial charge is 0.0991 e. The average Bonchev–Trinajstić information content (AvgIpc) is 2.81. The first-order valence-corrected chi connectivity index (χ1v) is 11.5. The summed E-state index contributed by atoms with van der Waals surface area (Å²) < 4.78 is 0. The van der Waals surface area contributed by atoms with Crippen molar-refractivity contribution in [3.63, 3.8) is 0 Å². The zero-order valence-corrected chi connectivity index (χ0v) is 19.5. The van der Waals surface area contributed by atoms with Crippen LogP contribution in [0.4, 0.5) is 5.69 Å². The number of hydrogen-bond acceptors (Lipinski definition) is 4. The van der Waals surface area contributed by atoms with Gasteiger partial charge in [-0.3, -0.25) is 4.90 Å². The minimum absolute atomic E-state index is 0.00660. The summed E-state index contributed by atoms with van der Waals surface area (Å²) in [5.41, 5.74) is 3.63. The van der Waals surface area contributed by atoms with Crippen LogP contribution in [0, 0.1) is 11.3 Å². The Labute approximate surface area is 203 Å². The summed E-state index contributed by atoms with van der Waals surface area (Å²) in [6, 6.07) is 22.8. The number of aliphatic hydroxyl groups is 1. The van der Waals surface area contributed by atoms with Crippen LogP contribution >= 0.6 is 34.8 Å². The summed E-state index contributed by atoms with van der Waals surface area (Å²) in [4.78, 5) is 4.56. The molecule has 1 heterocycles. The summed E-state index contributed by atoms with van der Waals surface area (Å²) in [5.74, 6) is 0. The number of nitrogens with zero attached hydrogens (tertiary/aromatic N) is 3. The maximum absolute atomic E-state index is 10.2. The highest BCUT2D eigenvalue weighted by Crippen LogP contribution is 2.38. The second-order valence-corrected chi connectivity index (χ2v) is 9.06. The molecule has 32 heavy (non-hydrogen) atoms. The van der Waals surface area contributed by atoms with Crippen molar-refractivity contribution >= 4 is 40.5 Å². The highest BCUT2D eigenvalue weighted by atomic mass is 35.5. The number of hydrogen-bond donors (Lipinski definition) is 1. The van der Waals surface area contributed by atoms with Crippen LogP contribution in [-0.2, 0) is 0 Å². The van der Waals surface area contributed by atoms with E-state index in [-0.39, 0.29) is 18.7 Å². The van der Waals surface area contributed by atoms with E-state index in [0.29, 0.717) is 27.2 Å². The number of halogens is 3. The molecular weight excluding hydrogens is 465 g/mol. The summed E-state index contributed by atoms with van der Waals surface area (Å²) in [5, 5.41) is 21.2. The lowest BCUT2D eigenvalue weighted by molar-refractivity contribution is 0.103. The molecule has 0 amide bonds. The molecule has 1 N–H and O–H groups in total. The van der Waals surface area contributed by atoms with Crippen molar-refractivity contribution in [3.05, 3.63) is 98.5 Å². The van der Waals surface area contributed by atoms with Gasteiger partial charge in [0.15, 0.2) is 0 Å². The van der Waals surface area contributed by atoms with Gasteiger partial charge in [-0.2, -0.15) is 5.26 Å².